The third-order valence-electron chi connectivity index (χ3n) is 6.18. The van der Waals surface area contributed by atoms with Gasteiger partial charge in [0.05, 0.1) is 36.2 Å². The number of pyridine rings is 1. The number of aryl methyl sites for hydroxylation is 1. The fourth-order valence-corrected chi connectivity index (χ4v) is 4.15. The minimum absolute atomic E-state index is 0.162. The molecule has 2 N–H and O–H groups in total. The highest BCUT2D eigenvalue weighted by molar-refractivity contribution is 5.98. The monoisotopic (exact) mass is 514 g/mol. The Hall–Kier alpha value is -4.65. The van der Waals surface area contributed by atoms with Crippen molar-refractivity contribution in [2.24, 2.45) is 0 Å². The van der Waals surface area contributed by atoms with Gasteiger partial charge in [-0.15, -0.1) is 0 Å². The van der Waals surface area contributed by atoms with Gasteiger partial charge >= 0.3 is 6.09 Å². The van der Waals surface area contributed by atoms with Crippen LogP contribution in [0.15, 0.2) is 42.9 Å². The van der Waals surface area contributed by atoms with Crippen molar-refractivity contribution in [2.75, 3.05) is 45.6 Å². The smallest absolute Gasteiger partial charge is 0.409 e. The number of nitrogens with zero attached hydrogens (tertiary/aromatic N) is 5. The number of hydrogen-bond donors (Lipinski definition) is 1. The van der Waals surface area contributed by atoms with Gasteiger partial charge in [-0.25, -0.2) is 19.7 Å². The molecule has 0 bridgehead atoms. The Morgan fingerprint density at radius 1 is 1.00 bits per heavy atom. The molecule has 10 heteroatoms. The van der Waals surface area contributed by atoms with E-state index < -0.39 is 0 Å². The Morgan fingerprint density at radius 2 is 1.76 bits per heavy atom. The number of aromatic nitrogens is 3. The van der Waals surface area contributed by atoms with Crippen LogP contribution in [0, 0.1) is 11.8 Å². The maximum absolute atomic E-state index is 13.3. The molecule has 1 aliphatic heterocycles. The molecule has 2 amide bonds. The first-order chi connectivity index (χ1) is 18.4. The Morgan fingerprint density at radius 3 is 2.42 bits per heavy atom. The summed E-state index contributed by atoms with van der Waals surface area (Å²) in [6.07, 6.45) is 3.45. The molecule has 0 atom stereocenters. The van der Waals surface area contributed by atoms with Crippen LogP contribution in [0.5, 0.6) is 5.75 Å². The molecule has 0 unspecified atom stereocenters. The summed E-state index contributed by atoms with van der Waals surface area (Å²) in [4.78, 5) is 41.6. The van der Waals surface area contributed by atoms with E-state index in [1.165, 1.54) is 13.4 Å². The summed E-state index contributed by atoms with van der Waals surface area (Å²) >= 11 is 0. The third kappa shape index (κ3) is 5.83. The Bertz CT molecular complexity index is 1370. The van der Waals surface area contributed by atoms with Crippen molar-refractivity contribution < 1.29 is 19.1 Å². The van der Waals surface area contributed by atoms with Crippen molar-refractivity contribution in [2.45, 2.75) is 20.3 Å². The minimum atomic E-state index is -0.357. The highest BCUT2D eigenvalue weighted by Gasteiger charge is 2.27. The normalized spacial score (nSPS) is 12.9. The standard InChI is InChI=1S/C28H30N6O4/c1-4-23-21(9-6-19-7-11-25(29)30-17-19)26(32-18-31-23)20-8-10-22(24(16-20)37-3)27(35)33-12-14-34(15-13-33)28(36)38-5-2/h7-8,10-11,16-18H,4-5,12-15H2,1-3H3,(H2,29,30). The highest BCUT2D eigenvalue weighted by atomic mass is 16.6. The van der Waals surface area contributed by atoms with Crippen LogP contribution in [0.1, 0.15) is 41.0 Å². The van der Waals surface area contributed by atoms with Gasteiger partial charge in [0.25, 0.3) is 5.91 Å². The SMILES string of the molecule is CCOC(=O)N1CCN(C(=O)c2ccc(-c3ncnc(CC)c3C#Cc3ccc(N)nc3)cc2OC)CC1. The largest absolute Gasteiger partial charge is 0.496 e. The molecule has 38 heavy (non-hydrogen) atoms. The van der Waals surface area contributed by atoms with Gasteiger partial charge in [0.1, 0.15) is 17.9 Å². The number of amides is 2. The van der Waals surface area contributed by atoms with E-state index in [-0.39, 0.29) is 12.0 Å². The average Bonchev–Trinajstić information content (AvgIpc) is 2.96. The van der Waals surface area contributed by atoms with E-state index in [0.717, 1.165) is 16.8 Å². The molecule has 0 spiro atoms. The molecule has 3 heterocycles. The zero-order valence-corrected chi connectivity index (χ0v) is 21.7. The number of ether oxygens (including phenoxy) is 2. The van der Waals surface area contributed by atoms with E-state index in [2.05, 4.69) is 26.8 Å². The lowest BCUT2D eigenvalue weighted by Crippen LogP contribution is -2.50. The second kappa shape index (κ2) is 12.1. The molecule has 3 aromatic rings. The lowest BCUT2D eigenvalue weighted by molar-refractivity contribution is 0.0568. The van der Waals surface area contributed by atoms with Gasteiger partial charge < -0.3 is 25.0 Å². The van der Waals surface area contributed by atoms with E-state index in [1.807, 2.05) is 13.0 Å². The van der Waals surface area contributed by atoms with Crippen molar-refractivity contribution >= 4 is 17.8 Å². The van der Waals surface area contributed by atoms with Crippen LogP contribution in [0.3, 0.4) is 0 Å². The number of methoxy groups -OCH3 is 1. The van der Waals surface area contributed by atoms with Crippen molar-refractivity contribution in [3.05, 3.63) is 65.2 Å². The van der Waals surface area contributed by atoms with E-state index in [1.54, 1.807) is 47.2 Å². The summed E-state index contributed by atoms with van der Waals surface area (Å²) in [6.45, 7) is 5.74. The van der Waals surface area contributed by atoms with E-state index in [0.29, 0.717) is 67.6 Å². The van der Waals surface area contributed by atoms with Gasteiger partial charge in [0.2, 0.25) is 0 Å². The predicted molar refractivity (Wildman–Crippen MR) is 143 cm³/mol. The van der Waals surface area contributed by atoms with Gasteiger partial charge in [-0.3, -0.25) is 4.79 Å². The molecule has 196 valence electrons. The summed E-state index contributed by atoms with van der Waals surface area (Å²) in [6, 6.07) is 8.87. The number of carbonyl (C=O) groups is 2. The number of nitrogen functional groups attached to an aromatic ring is 1. The Kier molecular flexibility index (Phi) is 8.38. The second-order valence-corrected chi connectivity index (χ2v) is 8.51. The van der Waals surface area contributed by atoms with Crippen LogP contribution >= 0.6 is 0 Å². The fraction of sp³-hybridized carbons (Fsp3) is 0.321. The number of rotatable bonds is 5. The molecule has 10 nitrogen and oxygen atoms in total. The lowest BCUT2D eigenvalue weighted by atomic mass is 10.0. The van der Waals surface area contributed by atoms with Gasteiger partial charge in [0.15, 0.2) is 0 Å². The predicted octanol–water partition coefficient (Wildman–Crippen LogP) is 3.01. The van der Waals surface area contributed by atoms with E-state index in [4.69, 9.17) is 15.2 Å². The molecule has 2 aromatic heterocycles. The number of carbonyl (C=O) groups excluding carboxylic acids is 2. The summed E-state index contributed by atoms with van der Waals surface area (Å²) in [5.74, 6) is 7.01. The molecule has 0 aliphatic carbocycles. The van der Waals surface area contributed by atoms with Crippen molar-refractivity contribution in [1.82, 2.24) is 24.8 Å². The van der Waals surface area contributed by atoms with E-state index in [9.17, 15) is 9.59 Å². The third-order valence-corrected chi connectivity index (χ3v) is 6.18. The average molecular weight is 515 g/mol. The number of nitrogens with two attached hydrogens (primary N) is 1. The van der Waals surface area contributed by atoms with Crippen LogP contribution in [0.4, 0.5) is 10.6 Å². The lowest BCUT2D eigenvalue weighted by Gasteiger charge is -2.34. The van der Waals surface area contributed by atoms with Crippen LogP contribution in [-0.2, 0) is 11.2 Å². The van der Waals surface area contributed by atoms with Crippen molar-refractivity contribution in [1.29, 1.82) is 0 Å². The van der Waals surface area contributed by atoms with Crippen LogP contribution in [-0.4, -0.2) is 76.6 Å². The molecule has 1 saturated heterocycles. The number of anilines is 1. The first kappa shape index (κ1) is 26.4. The maximum Gasteiger partial charge on any atom is 0.409 e. The van der Waals surface area contributed by atoms with E-state index >= 15 is 0 Å². The molecule has 4 rings (SSSR count). The van der Waals surface area contributed by atoms with Gasteiger partial charge in [0, 0.05) is 43.5 Å². The first-order valence-corrected chi connectivity index (χ1v) is 12.4. The molecular formula is C28H30N6O4. The first-order valence-electron chi connectivity index (χ1n) is 12.4. The molecule has 1 aromatic carbocycles. The number of piperazine rings is 1. The van der Waals surface area contributed by atoms with Crippen LogP contribution in [0.2, 0.25) is 0 Å². The summed E-state index contributed by atoms with van der Waals surface area (Å²) in [5.41, 5.74) is 9.74. The fourth-order valence-electron chi connectivity index (χ4n) is 4.15. The number of hydrogen-bond acceptors (Lipinski definition) is 8. The molecule has 0 saturated carbocycles. The zero-order chi connectivity index (χ0) is 27.1. The Balaban J connectivity index is 1.61. The minimum Gasteiger partial charge on any atom is -0.496 e. The Labute approximate surface area is 221 Å². The van der Waals surface area contributed by atoms with Crippen molar-refractivity contribution in [3.63, 3.8) is 0 Å². The maximum atomic E-state index is 13.3. The molecule has 1 aliphatic rings. The molecule has 1 fully saturated rings. The quantitative estimate of drug-likeness (QED) is 0.516. The van der Waals surface area contributed by atoms with Gasteiger partial charge in [-0.05, 0) is 37.6 Å². The molecule has 0 radical (unpaired) electrons. The number of benzene rings is 1. The van der Waals surface area contributed by atoms with Gasteiger partial charge in [-0.1, -0.05) is 24.8 Å². The summed E-state index contributed by atoms with van der Waals surface area (Å²) in [7, 11) is 1.53. The summed E-state index contributed by atoms with van der Waals surface area (Å²) < 4.78 is 10.7. The van der Waals surface area contributed by atoms with Crippen LogP contribution < -0.4 is 10.5 Å². The second-order valence-electron chi connectivity index (χ2n) is 8.51. The van der Waals surface area contributed by atoms with Gasteiger partial charge in [-0.2, -0.15) is 0 Å². The topological polar surface area (TPSA) is 124 Å². The zero-order valence-electron chi connectivity index (χ0n) is 21.7. The van der Waals surface area contributed by atoms with Crippen LogP contribution in [0.25, 0.3) is 11.3 Å². The van der Waals surface area contributed by atoms with Crippen molar-refractivity contribution in [3.8, 4) is 28.8 Å². The highest BCUT2D eigenvalue weighted by Crippen LogP contribution is 2.30. The summed E-state index contributed by atoms with van der Waals surface area (Å²) in [5, 5.41) is 0. The molecular weight excluding hydrogens is 484 g/mol.